The molecule has 0 fully saturated rings. The van der Waals surface area contributed by atoms with Crippen molar-refractivity contribution in [1.29, 1.82) is 0 Å². The number of anilines is 1. The van der Waals surface area contributed by atoms with E-state index in [2.05, 4.69) is 11.4 Å². The molecular formula is C19H19NO2S. The van der Waals surface area contributed by atoms with Crippen molar-refractivity contribution in [3.05, 3.63) is 65.4 Å². The van der Waals surface area contributed by atoms with Crippen LogP contribution in [0, 0.1) is 0 Å². The van der Waals surface area contributed by atoms with E-state index in [4.69, 9.17) is 4.74 Å². The number of methoxy groups -OCH3 is 1. The summed E-state index contributed by atoms with van der Waals surface area (Å²) in [5.41, 5.74) is 3.87. The number of allylic oxidation sites excluding steroid dienone is 1. The van der Waals surface area contributed by atoms with E-state index in [-0.39, 0.29) is 11.0 Å². The van der Waals surface area contributed by atoms with E-state index in [1.165, 1.54) is 0 Å². The highest BCUT2D eigenvalue weighted by Crippen LogP contribution is 2.47. The van der Waals surface area contributed by atoms with E-state index in [0.29, 0.717) is 0 Å². The van der Waals surface area contributed by atoms with Gasteiger partial charge in [-0.15, -0.1) is 11.8 Å². The number of hydrogen-bond donors (Lipinski definition) is 1. The molecule has 0 spiro atoms. The van der Waals surface area contributed by atoms with Crippen LogP contribution in [-0.2, 0) is 4.79 Å². The van der Waals surface area contributed by atoms with Gasteiger partial charge in [0, 0.05) is 16.2 Å². The minimum Gasteiger partial charge on any atom is -0.497 e. The fourth-order valence-electron chi connectivity index (χ4n) is 2.79. The predicted molar refractivity (Wildman–Crippen MR) is 95.0 cm³/mol. The van der Waals surface area contributed by atoms with Gasteiger partial charge in [0.05, 0.1) is 18.0 Å². The molecule has 0 amide bonds. The van der Waals surface area contributed by atoms with Crippen LogP contribution < -0.4 is 10.1 Å². The van der Waals surface area contributed by atoms with Crippen LogP contribution >= 0.6 is 11.8 Å². The quantitative estimate of drug-likeness (QED) is 0.878. The minimum atomic E-state index is -0.0328. The second kappa shape index (κ2) is 6.50. The zero-order chi connectivity index (χ0) is 16.4. The van der Waals surface area contributed by atoms with Gasteiger partial charge >= 0.3 is 0 Å². The second-order valence-corrected chi connectivity index (χ2v) is 6.63. The highest BCUT2D eigenvalue weighted by molar-refractivity contribution is 8.00. The van der Waals surface area contributed by atoms with E-state index in [1.807, 2.05) is 49.4 Å². The molecule has 1 atom stereocenters. The molecule has 4 heteroatoms. The third-order valence-electron chi connectivity index (χ3n) is 3.92. The number of ketones is 1. The minimum absolute atomic E-state index is 0.0328. The topological polar surface area (TPSA) is 38.3 Å². The van der Waals surface area contributed by atoms with Crippen molar-refractivity contribution in [1.82, 2.24) is 0 Å². The monoisotopic (exact) mass is 325 g/mol. The van der Waals surface area contributed by atoms with E-state index in [9.17, 15) is 4.79 Å². The largest absolute Gasteiger partial charge is 0.497 e. The Morgan fingerprint density at radius 2 is 1.83 bits per heavy atom. The average molecular weight is 325 g/mol. The van der Waals surface area contributed by atoms with Gasteiger partial charge in [0.1, 0.15) is 5.75 Å². The Hall–Kier alpha value is -2.20. The van der Waals surface area contributed by atoms with Crippen molar-refractivity contribution in [2.75, 3.05) is 12.4 Å². The molecule has 1 N–H and O–H groups in total. The van der Waals surface area contributed by atoms with Crippen molar-refractivity contribution in [3.63, 3.8) is 0 Å². The van der Waals surface area contributed by atoms with E-state index < -0.39 is 0 Å². The van der Waals surface area contributed by atoms with Crippen LogP contribution in [0.5, 0.6) is 5.75 Å². The zero-order valence-corrected chi connectivity index (χ0v) is 14.2. The van der Waals surface area contributed by atoms with Gasteiger partial charge in [0.15, 0.2) is 5.78 Å². The highest BCUT2D eigenvalue weighted by Gasteiger charge is 2.27. The maximum atomic E-state index is 12.3. The summed E-state index contributed by atoms with van der Waals surface area (Å²) in [5, 5.41) is 3.36. The fraction of sp³-hybridized carbons (Fsp3) is 0.211. The maximum Gasteiger partial charge on any atom is 0.159 e. The van der Waals surface area contributed by atoms with Gasteiger partial charge in [-0.25, -0.2) is 0 Å². The van der Waals surface area contributed by atoms with E-state index in [1.54, 1.807) is 25.8 Å². The Morgan fingerprint density at radius 3 is 2.48 bits per heavy atom. The Balaban J connectivity index is 2.10. The standard InChI is InChI=1S/C19H19NO2S/c1-12-18(13(2)21)19(14-8-10-15(22-3)11-9-14)23-17-7-5-4-6-16(17)20-12/h4-11,19-20H,1-3H3. The van der Waals surface area contributed by atoms with Crippen LogP contribution in [0.3, 0.4) is 0 Å². The molecule has 3 rings (SSSR count). The molecule has 2 aromatic carbocycles. The number of para-hydroxylation sites is 1. The number of rotatable bonds is 3. The smallest absolute Gasteiger partial charge is 0.159 e. The van der Waals surface area contributed by atoms with Gasteiger partial charge in [-0.05, 0) is 43.7 Å². The summed E-state index contributed by atoms with van der Waals surface area (Å²) in [6.45, 7) is 3.60. The number of hydrogen-bond acceptors (Lipinski definition) is 4. The number of benzene rings is 2. The summed E-state index contributed by atoms with van der Waals surface area (Å²) < 4.78 is 5.23. The molecule has 0 aromatic heterocycles. The number of carbonyl (C=O) groups excluding carboxylic acids is 1. The number of thioether (sulfide) groups is 1. The molecule has 0 saturated heterocycles. The lowest BCUT2D eigenvalue weighted by atomic mass is 9.99. The summed E-state index contributed by atoms with van der Waals surface area (Å²) in [6.07, 6.45) is 0. The van der Waals surface area contributed by atoms with Crippen molar-refractivity contribution in [3.8, 4) is 5.75 Å². The van der Waals surface area contributed by atoms with Gasteiger partial charge in [0.2, 0.25) is 0 Å². The first-order valence-corrected chi connectivity index (χ1v) is 8.36. The van der Waals surface area contributed by atoms with Crippen LogP contribution in [0.4, 0.5) is 5.69 Å². The predicted octanol–water partition coefficient (Wildman–Crippen LogP) is 4.82. The van der Waals surface area contributed by atoms with Crippen LogP contribution in [0.1, 0.15) is 24.7 Å². The molecule has 1 aliphatic rings. The molecule has 2 aromatic rings. The average Bonchev–Trinajstić information content (AvgIpc) is 2.70. The van der Waals surface area contributed by atoms with Gasteiger partial charge in [-0.2, -0.15) is 0 Å². The number of nitrogens with one attached hydrogen (secondary N) is 1. The lowest BCUT2D eigenvalue weighted by Crippen LogP contribution is -2.10. The number of ether oxygens (including phenoxy) is 1. The van der Waals surface area contributed by atoms with Crippen LogP contribution in [0.25, 0.3) is 0 Å². The number of Topliss-reactive ketones (excluding diaryl/α,β-unsaturated/α-hetero) is 1. The van der Waals surface area contributed by atoms with Gasteiger partial charge in [-0.3, -0.25) is 4.79 Å². The lowest BCUT2D eigenvalue weighted by Gasteiger charge is -2.19. The number of carbonyl (C=O) groups is 1. The first kappa shape index (κ1) is 15.7. The molecule has 0 bridgehead atoms. The molecule has 118 valence electrons. The van der Waals surface area contributed by atoms with Crippen molar-refractivity contribution in [2.24, 2.45) is 0 Å². The van der Waals surface area contributed by atoms with Gasteiger partial charge in [-0.1, -0.05) is 24.3 Å². The third kappa shape index (κ3) is 3.13. The van der Waals surface area contributed by atoms with Gasteiger partial charge in [0.25, 0.3) is 0 Å². The third-order valence-corrected chi connectivity index (χ3v) is 5.27. The van der Waals surface area contributed by atoms with Crippen LogP contribution in [0.2, 0.25) is 0 Å². The summed E-state index contributed by atoms with van der Waals surface area (Å²) in [5.74, 6) is 0.909. The molecular weight excluding hydrogens is 306 g/mol. The van der Waals surface area contributed by atoms with Crippen LogP contribution in [-0.4, -0.2) is 12.9 Å². The second-order valence-electron chi connectivity index (χ2n) is 5.49. The zero-order valence-electron chi connectivity index (χ0n) is 13.4. The molecule has 1 heterocycles. The van der Waals surface area contributed by atoms with Crippen molar-refractivity contribution >= 4 is 23.2 Å². The SMILES string of the molecule is COc1ccc(C2Sc3ccccc3NC(C)=C2C(C)=O)cc1. The van der Waals surface area contributed by atoms with E-state index >= 15 is 0 Å². The molecule has 23 heavy (non-hydrogen) atoms. The normalized spacial score (nSPS) is 17.1. The molecule has 0 aliphatic carbocycles. The molecule has 0 saturated carbocycles. The Bertz CT molecular complexity index is 765. The van der Waals surface area contributed by atoms with E-state index in [0.717, 1.165) is 33.2 Å². The summed E-state index contributed by atoms with van der Waals surface area (Å²) in [4.78, 5) is 13.4. The Kier molecular flexibility index (Phi) is 4.44. The van der Waals surface area contributed by atoms with Gasteiger partial charge < -0.3 is 10.1 Å². The Labute approximate surface area is 140 Å². The lowest BCUT2D eigenvalue weighted by molar-refractivity contribution is -0.113. The number of fused-ring (bicyclic) bond motifs is 1. The highest BCUT2D eigenvalue weighted by atomic mass is 32.2. The summed E-state index contributed by atoms with van der Waals surface area (Å²) in [6, 6.07) is 16.1. The summed E-state index contributed by atoms with van der Waals surface area (Å²) >= 11 is 1.70. The molecule has 0 radical (unpaired) electrons. The Morgan fingerprint density at radius 1 is 1.13 bits per heavy atom. The first-order valence-electron chi connectivity index (χ1n) is 7.48. The molecule has 1 unspecified atom stereocenters. The van der Waals surface area contributed by atoms with Crippen LogP contribution in [0.15, 0.2) is 64.7 Å². The maximum absolute atomic E-state index is 12.3. The molecule has 3 nitrogen and oxygen atoms in total. The summed E-state index contributed by atoms with van der Waals surface area (Å²) in [7, 11) is 1.65. The first-order chi connectivity index (χ1) is 11.1. The fourth-order valence-corrected chi connectivity index (χ4v) is 4.20. The van der Waals surface area contributed by atoms with Crippen molar-refractivity contribution in [2.45, 2.75) is 24.0 Å². The van der Waals surface area contributed by atoms with Crippen molar-refractivity contribution < 1.29 is 9.53 Å². The molecule has 1 aliphatic heterocycles.